The molecule has 1 aliphatic rings. The number of nitrogens with zero attached hydrogens (tertiary/aromatic N) is 1. The van der Waals surface area contributed by atoms with E-state index in [-0.39, 0.29) is 11.3 Å². The SMILES string of the molecule is Cc1ccc([C@@H]2CCCN(C(=O)C(C)(C)C)C2)cc1. The third-order valence-corrected chi connectivity index (χ3v) is 3.90. The molecule has 1 amide bonds. The zero-order chi connectivity index (χ0) is 14.0. The average molecular weight is 259 g/mol. The van der Waals surface area contributed by atoms with Crippen molar-refractivity contribution in [3.05, 3.63) is 35.4 Å². The maximum atomic E-state index is 12.4. The Kier molecular flexibility index (Phi) is 3.98. The van der Waals surface area contributed by atoms with Crippen molar-refractivity contribution >= 4 is 5.91 Å². The molecule has 2 nitrogen and oxygen atoms in total. The molecule has 0 N–H and O–H groups in total. The molecule has 2 rings (SSSR count). The van der Waals surface area contributed by atoms with E-state index in [1.807, 2.05) is 25.7 Å². The Labute approximate surface area is 116 Å². The molecule has 0 spiro atoms. The summed E-state index contributed by atoms with van der Waals surface area (Å²) in [5.74, 6) is 0.782. The molecule has 1 heterocycles. The van der Waals surface area contributed by atoms with Crippen LogP contribution in [0.3, 0.4) is 0 Å². The van der Waals surface area contributed by atoms with Crippen LogP contribution in [-0.4, -0.2) is 23.9 Å². The number of aryl methyl sites for hydroxylation is 1. The van der Waals surface area contributed by atoms with Gasteiger partial charge in [0, 0.05) is 24.4 Å². The molecular formula is C17H25NO. The van der Waals surface area contributed by atoms with Gasteiger partial charge in [-0.2, -0.15) is 0 Å². The summed E-state index contributed by atoms with van der Waals surface area (Å²) in [4.78, 5) is 14.4. The Morgan fingerprint density at radius 3 is 2.42 bits per heavy atom. The van der Waals surface area contributed by atoms with Crippen LogP contribution in [0.1, 0.15) is 50.7 Å². The first kappa shape index (κ1) is 14.1. The predicted octanol–water partition coefficient (Wildman–Crippen LogP) is 3.75. The highest BCUT2D eigenvalue weighted by atomic mass is 16.2. The van der Waals surface area contributed by atoms with E-state index in [0.717, 1.165) is 19.5 Å². The first-order chi connectivity index (χ1) is 8.88. The molecule has 0 aromatic heterocycles. The first-order valence-corrected chi connectivity index (χ1v) is 7.24. The van der Waals surface area contributed by atoms with Gasteiger partial charge in [-0.25, -0.2) is 0 Å². The number of carbonyl (C=O) groups is 1. The lowest BCUT2D eigenvalue weighted by Crippen LogP contribution is -2.44. The van der Waals surface area contributed by atoms with Gasteiger partial charge in [-0.05, 0) is 25.3 Å². The largest absolute Gasteiger partial charge is 0.342 e. The molecule has 1 aromatic carbocycles. The minimum absolute atomic E-state index is 0.269. The summed E-state index contributed by atoms with van der Waals surface area (Å²) < 4.78 is 0. The number of likely N-dealkylation sites (tertiary alicyclic amines) is 1. The molecule has 0 aliphatic carbocycles. The van der Waals surface area contributed by atoms with E-state index < -0.39 is 0 Å². The van der Waals surface area contributed by atoms with Crippen LogP contribution in [0.15, 0.2) is 24.3 Å². The van der Waals surface area contributed by atoms with E-state index in [1.54, 1.807) is 0 Å². The van der Waals surface area contributed by atoms with Gasteiger partial charge in [0.2, 0.25) is 5.91 Å². The van der Waals surface area contributed by atoms with E-state index >= 15 is 0 Å². The Morgan fingerprint density at radius 1 is 1.21 bits per heavy atom. The van der Waals surface area contributed by atoms with Crippen LogP contribution in [0.25, 0.3) is 0 Å². The van der Waals surface area contributed by atoms with Gasteiger partial charge >= 0.3 is 0 Å². The molecule has 0 radical (unpaired) electrons. The molecule has 1 aromatic rings. The molecule has 2 heteroatoms. The molecular weight excluding hydrogens is 234 g/mol. The predicted molar refractivity (Wildman–Crippen MR) is 79.2 cm³/mol. The van der Waals surface area contributed by atoms with Gasteiger partial charge in [-0.1, -0.05) is 50.6 Å². The lowest BCUT2D eigenvalue weighted by atomic mass is 9.87. The standard InChI is InChI=1S/C17H25NO/c1-13-7-9-14(10-8-13)15-6-5-11-18(12-15)16(19)17(2,3)4/h7-10,15H,5-6,11-12H2,1-4H3/t15-/m1/s1. The number of carbonyl (C=O) groups excluding carboxylic acids is 1. The zero-order valence-corrected chi connectivity index (χ0v) is 12.6. The van der Waals surface area contributed by atoms with Crippen molar-refractivity contribution in [3.63, 3.8) is 0 Å². The highest BCUT2D eigenvalue weighted by Crippen LogP contribution is 2.29. The maximum absolute atomic E-state index is 12.4. The van der Waals surface area contributed by atoms with Crippen molar-refractivity contribution in [2.75, 3.05) is 13.1 Å². The van der Waals surface area contributed by atoms with Crippen molar-refractivity contribution in [2.45, 2.75) is 46.5 Å². The maximum Gasteiger partial charge on any atom is 0.227 e. The molecule has 0 saturated carbocycles. The lowest BCUT2D eigenvalue weighted by molar-refractivity contribution is -0.140. The fourth-order valence-electron chi connectivity index (χ4n) is 2.75. The summed E-state index contributed by atoms with van der Waals surface area (Å²) >= 11 is 0. The second-order valence-corrected chi connectivity index (χ2v) is 6.75. The fourth-order valence-corrected chi connectivity index (χ4v) is 2.75. The van der Waals surface area contributed by atoms with Crippen LogP contribution < -0.4 is 0 Å². The topological polar surface area (TPSA) is 20.3 Å². The van der Waals surface area contributed by atoms with Crippen molar-refractivity contribution < 1.29 is 4.79 Å². The van der Waals surface area contributed by atoms with Crippen LogP contribution >= 0.6 is 0 Å². The van der Waals surface area contributed by atoms with E-state index in [4.69, 9.17) is 0 Å². The Balaban J connectivity index is 2.09. The number of hydrogen-bond donors (Lipinski definition) is 0. The summed E-state index contributed by atoms with van der Waals surface area (Å²) in [6.45, 7) is 9.91. The number of hydrogen-bond acceptors (Lipinski definition) is 1. The van der Waals surface area contributed by atoms with Crippen LogP contribution in [0.5, 0.6) is 0 Å². The highest BCUT2D eigenvalue weighted by molar-refractivity contribution is 5.81. The van der Waals surface area contributed by atoms with Crippen molar-refractivity contribution in [1.82, 2.24) is 4.90 Å². The summed E-state index contributed by atoms with van der Waals surface area (Å²) in [7, 11) is 0. The molecule has 1 aliphatic heterocycles. The minimum atomic E-state index is -0.269. The normalized spacial score (nSPS) is 20.4. The number of benzene rings is 1. The molecule has 104 valence electrons. The van der Waals surface area contributed by atoms with Crippen LogP contribution in [0.2, 0.25) is 0 Å². The second-order valence-electron chi connectivity index (χ2n) is 6.75. The van der Waals surface area contributed by atoms with E-state index in [9.17, 15) is 4.79 Å². The fraction of sp³-hybridized carbons (Fsp3) is 0.588. The molecule has 1 saturated heterocycles. The highest BCUT2D eigenvalue weighted by Gasteiger charge is 2.31. The van der Waals surface area contributed by atoms with Gasteiger partial charge in [0.25, 0.3) is 0 Å². The van der Waals surface area contributed by atoms with Crippen molar-refractivity contribution in [1.29, 1.82) is 0 Å². The monoisotopic (exact) mass is 259 g/mol. The Hall–Kier alpha value is -1.31. The average Bonchev–Trinajstić information content (AvgIpc) is 2.38. The van der Waals surface area contributed by atoms with E-state index in [1.165, 1.54) is 17.5 Å². The minimum Gasteiger partial charge on any atom is -0.342 e. The summed E-state index contributed by atoms with van der Waals surface area (Å²) in [6.07, 6.45) is 2.30. The molecule has 1 atom stereocenters. The zero-order valence-electron chi connectivity index (χ0n) is 12.6. The Morgan fingerprint density at radius 2 is 1.84 bits per heavy atom. The van der Waals surface area contributed by atoms with Crippen LogP contribution in [0, 0.1) is 12.3 Å². The molecule has 19 heavy (non-hydrogen) atoms. The summed E-state index contributed by atoms with van der Waals surface area (Å²) in [5.41, 5.74) is 2.40. The van der Waals surface area contributed by atoms with Gasteiger partial charge in [-0.15, -0.1) is 0 Å². The van der Waals surface area contributed by atoms with Gasteiger partial charge < -0.3 is 4.90 Å². The number of amides is 1. The number of piperidine rings is 1. The van der Waals surface area contributed by atoms with Crippen LogP contribution in [-0.2, 0) is 4.79 Å². The van der Waals surface area contributed by atoms with Crippen LogP contribution in [0.4, 0.5) is 0 Å². The summed E-state index contributed by atoms with van der Waals surface area (Å²) in [6, 6.07) is 8.76. The van der Waals surface area contributed by atoms with Crippen molar-refractivity contribution in [3.8, 4) is 0 Å². The smallest absolute Gasteiger partial charge is 0.227 e. The van der Waals surface area contributed by atoms with Gasteiger partial charge in [0.15, 0.2) is 0 Å². The third-order valence-electron chi connectivity index (χ3n) is 3.90. The van der Waals surface area contributed by atoms with Crippen molar-refractivity contribution in [2.24, 2.45) is 5.41 Å². The van der Waals surface area contributed by atoms with Gasteiger partial charge in [0.1, 0.15) is 0 Å². The molecule has 1 fully saturated rings. The van der Waals surface area contributed by atoms with E-state index in [0.29, 0.717) is 5.92 Å². The van der Waals surface area contributed by atoms with Gasteiger partial charge in [0.05, 0.1) is 0 Å². The second kappa shape index (κ2) is 5.36. The Bertz CT molecular complexity index is 441. The van der Waals surface area contributed by atoms with E-state index in [2.05, 4.69) is 31.2 Å². The molecule has 0 unspecified atom stereocenters. The number of rotatable bonds is 1. The first-order valence-electron chi connectivity index (χ1n) is 7.24. The molecule has 0 bridgehead atoms. The quantitative estimate of drug-likeness (QED) is 0.752. The van der Waals surface area contributed by atoms with Gasteiger partial charge in [-0.3, -0.25) is 4.79 Å². The lowest BCUT2D eigenvalue weighted by Gasteiger charge is -2.36. The third kappa shape index (κ3) is 3.37. The summed E-state index contributed by atoms with van der Waals surface area (Å²) in [5, 5.41) is 0.